The van der Waals surface area contributed by atoms with Gasteiger partial charge in [0.25, 0.3) is 0 Å². The maximum atomic E-state index is 3.81. The van der Waals surface area contributed by atoms with E-state index in [1.807, 2.05) is 0 Å². The van der Waals surface area contributed by atoms with E-state index in [4.69, 9.17) is 0 Å². The topological polar surface area (TPSA) is 15.3 Å². The molecule has 0 aromatic rings. The molecule has 2 heteroatoms. The molecule has 0 bridgehead atoms. The summed E-state index contributed by atoms with van der Waals surface area (Å²) in [6.07, 6.45) is 9.61. The molecule has 0 aromatic heterocycles. The molecule has 88 valence electrons. The van der Waals surface area contributed by atoms with Gasteiger partial charge in [0.1, 0.15) is 0 Å². The number of nitrogens with zero attached hydrogens (tertiary/aromatic N) is 1. The van der Waals surface area contributed by atoms with Gasteiger partial charge < -0.3 is 0 Å². The Morgan fingerprint density at radius 2 is 2.13 bits per heavy atom. The van der Waals surface area contributed by atoms with E-state index in [9.17, 15) is 0 Å². The standard InChI is InChI=1S/C13H26N2/c1-3-13(9-5-6-10-14-13)15-11-7-4-8-12(15)2/h12,14H,3-11H2,1-2H3. The summed E-state index contributed by atoms with van der Waals surface area (Å²) in [5.41, 5.74) is 0.345. The predicted molar refractivity (Wildman–Crippen MR) is 64.9 cm³/mol. The molecule has 2 heterocycles. The van der Waals surface area contributed by atoms with Gasteiger partial charge >= 0.3 is 0 Å². The van der Waals surface area contributed by atoms with E-state index in [0.717, 1.165) is 6.04 Å². The summed E-state index contributed by atoms with van der Waals surface area (Å²) in [5.74, 6) is 0. The number of nitrogens with one attached hydrogen (secondary N) is 1. The molecule has 2 atom stereocenters. The highest BCUT2D eigenvalue weighted by Crippen LogP contribution is 2.32. The maximum absolute atomic E-state index is 3.81. The fraction of sp³-hybridized carbons (Fsp3) is 1.00. The van der Waals surface area contributed by atoms with Crippen LogP contribution in [0.1, 0.15) is 58.8 Å². The molecular weight excluding hydrogens is 184 g/mol. The number of likely N-dealkylation sites (tertiary alicyclic amines) is 1. The summed E-state index contributed by atoms with van der Waals surface area (Å²) in [6, 6.07) is 0.782. The molecule has 0 amide bonds. The SMILES string of the molecule is CCC1(N2CCCCC2C)CCCCN1. The smallest absolute Gasteiger partial charge is 0.0712 e. The molecule has 0 saturated carbocycles. The van der Waals surface area contributed by atoms with Crippen LogP contribution in [0.25, 0.3) is 0 Å². The predicted octanol–water partition coefficient (Wildman–Crippen LogP) is 2.74. The fourth-order valence-corrected chi connectivity index (χ4v) is 3.44. The van der Waals surface area contributed by atoms with E-state index in [1.54, 1.807) is 0 Å². The molecule has 0 spiro atoms. The average Bonchev–Trinajstić information content (AvgIpc) is 2.30. The van der Waals surface area contributed by atoms with Crippen LogP contribution in [0.4, 0.5) is 0 Å². The highest BCUT2D eigenvalue weighted by molar-refractivity contribution is 4.93. The first kappa shape index (κ1) is 11.4. The first-order chi connectivity index (χ1) is 7.28. The van der Waals surface area contributed by atoms with Gasteiger partial charge in [-0.1, -0.05) is 13.3 Å². The van der Waals surface area contributed by atoms with Gasteiger partial charge in [0.05, 0.1) is 5.66 Å². The molecule has 0 aromatic carbocycles. The van der Waals surface area contributed by atoms with Gasteiger partial charge in [-0.15, -0.1) is 0 Å². The zero-order valence-electron chi connectivity index (χ0n) is 10.4. The van der Waals surface area contributed by atoms with Crippen molar-refractivity contribution in [1.29, 1.82) is 0 Å². The average molecular weight is 210 g/mol. The Labute approximate surface area is 94.4 Å². The molecule has 2 rings (SSSR count). The monoisotopic (exact) mass is 210 g/mol. The van der Waals surface area contributed by atoms with Gasteiger partial charge in [-0.2, -0.15) is 0 Å². The van der Waals surface area contributed by atoms with Crippen molar-refractivity contribution >= 4 is 0 Å². The largest absolute Gasteiger partial charge is 0.299 e. The van der Waals surface area contributed by atoms with E-state index in [1.165, 1.54) is 58.0 Å². The van der Waals surface area contributed by atoms with Crippen LogP contribution in [-0.2, 0) is 0 Å². The van der Waals surface area contributed by atoms with Crippen molar-refractivity contribution in [3.63, 3.8) is 0 Å². The van der Waals surface area contributed by atoms with Gasteiger partial charge in [0.15, 0.2) is 0 Å². The van der Waals surface area contributed by atoms with Crippen LogP contribution < -0.4 is 5.32 Å². The van der Waals surface area contributed by atoms with E-state index in [2.05, 4.69) is 24.1 Å². The molecule has 2 fully saturated rings. The normalized spacial score (nSPS) is 39.2. The Hall–Kier alpha value is -0.0800. The molecule has 2 unspecified atom stereocenters. The quantitative estimate of drug-likeness (QED) is 0.754. The number of hydrogen-bond donors (Lipinski definition) is 1. The summed E-state index contributed by atoms with van der Waals surface area (Å²) in [4.78, 5) is 2.76. The molecule has 2 nitrogen and oxygen atoms in total. The summed E-state index contributed by atoms with van der Waals surface area (Å²) in [7, 11) is 0. The van der Waals surface area contributed by atoms with Crippen molar-refractivity contribution in [3.8, 4) is 0 Å². The van der Waals surface area contributed by atoms with Crippen LogP contribution in [-0.4, -0.2) is 29.7 Å². The molecule has 0 radical (unpaired) electrons. The number of hydrogen-bond acceptors (Lipinski definition) is 2. The minimum atomic E-state index is 0.345. The molecule has 2 saturated heterocycles. The van der Waals surface area contributed by atoms with Crippen molar-refractivity contribution in [2.24, 2.45) is 0 Å². The highest BCUT2D eigenvalue weighted by atomic mass is 15.3. The Morgan fingerprint density at radius 1 is 1.27 bits per heavy atom. The van der Waals surface area contributed by atoms with Gasteiger partial charge in [0.2, 0.25) is 0 Å². The van der Waals surface area contributed by atoms with Crippen LogP contribution in [0.15, 0.2) is 0 Å². The van der Waals surface area contributed by atoms with Crippen LogP contribution in [0.3, 0.4) is 0 Å². The van der Waals surface area contributed by atoms with E-state index >= 15 is 0 Å². The lowest BCUT2D eigenvalue weighted by Crippen LogP contribution is -2.64. The third-order valence-electron chi connectivity index (χ3n) is 4.41. The molecule has 0 aliphatic carbocycles. The zero-order valence-corrected chi connectivity index (χ0v) is 10.4. The molecule has 2 aliphatic rings. The fourth-order valence-electron chi connectivity index (χ4n) is 3.44. The summed E-state index contributed by atoms with van der Waals surface area (Å²) in [6.45, 7) is 7.28. The van der Waals surface area contributed by atoms with Crippen molar-refractivity contribution in [3.05, 3.63) is 0 Å². The first-order valence-electron chi connectivity index (χ1n) is 6.80. The molecule has 15 heavy (non-hydrogen) atoms. The highest BCUT2D eigenvalue weighted by Gasteiger charge is 2.39. The van der Waals surface area contributed by atoms with Crippen LogP contribution in [0, 0.1) is 0 Å². The first-order valence-corrected chi connectivity index (χ1v) is 6.80. The van der Waals surface area contributed by atoms with E-state index in [0.29, 0.717) is 5.66 Å². The summed E-state index contributed by atoms with van der Waals surface area (Å²) >= 11 is 0. The lowest BCUT2D eigenvalue weighted by Gasteiger charge is -2.51. The second kappa shape index (κ2) is 4.84. The molecule has 1 N–H and O–H groups in total. The van der Waals surface area contributed by atoms with Gasteiger partial charge in [-0.25, -0.2) is 0 Å². The lowest BCUT2D eigenvalue weighted by atomic mass is 9.89. The van der Waals surface area contributed by atoms with Gasteiger partial charge in [0, 0.05) is 12.6 Å². The summed E-state index contributed by atoms with van der Waals surface area (Å²) in [5, 5.41) is 3.81. The Balaban J connectivity index is 2.08. The van der Waals surface area contributed by atoms with Crippen molar-refractivity contribution in [1.82, 2.24) is 10.2 Å². The van der Waals surface area contributed by atoms with Crippen molar-refractivity contribution in [2.45, 2.75) is 70.5 Å². The number of rotatable bonds is 2. The van der Waals surface area contributed by atoms with Crippen molar-refractivity contribution < 1.29 is 0 Å². The lowest BCUT2D eigenvalue weighted by molar-refractivity contribution is -0.0215. The van der Waals surface area contributed by atoms with Crippen molar-refractivity contribution in [2.75, 3.05) is 13.1 Å². The molecule has 2 aliphatic heterocycles. The van der Waals surface area contributed by atoms with Crippen LogP contribution >= 0.6 is 0 Å². The molecular formula is C13H26N2. The van der Waals surface area contributed by atoms with Gasteiger partial charge in [-0.05, 0) is 52.0 Å². The van der Waals surface area contributed by atoms with E-state index < -0.39 is 0 Å². The van der Waals surface area contributed by atoms with Crippen LogP contribution in [0.2, 0.25) is 0 Å². The summed E-state index contributed by atoms with van der Waals surface area (Å²) < 4.78 is 0. The Morgan fingerprint density at radius 3 is 2.73 bits per heavy atom. The van der Waals surface area contributed by atoms with E-state index in [-0.39, 0.29) is 0 Å². The minimum Gasteiger partial charge on any atom is -0.299 e. The maximum Gasteiger partial charge on any atom is 0.0712 e. The van der Waals surface area contributed by atoms with Gasteiger partial charge in [-0.3, -0.25) is 10.2 Å². The third-order valence-corrected chi connectivity index (χ3v) is 4.41. The Bertz CT molecular complexity index is 197. The second-order valence-corrected chi connectivity index (χ2v) is 5.31. The second-order valence-electron chi connectivity index (χ2n) is 5.31. The third kappa shape index (κ3) is 2.21. The zero-order chi connectivity index (χ0) is 10.7. The number of piperidine rings is 2. The van der Waals surface area contributed by atoms with Crippen LogP contribution in [0.5, 0.6) is 0 Å². The Kier molecular flexibility index (Phi) is 3.68. The minimum absolute atomic E-state index is 0.345.